The molecular weight excluding hydrogens is 176 g/mol. The van der Waals surface area contributed by atoms with Gasteiger partial charge in [-0.05, 0) is 31.8 Å². The highest BCUT2D eigenvalue weighted by Crippen LogP contribution is 2.17. The quantitative estimate of drug-likeness (QED) is 0.608. The molecule has 0 aromatic rings. The molecule has 1 rings (SSSR count). The van der Waals surface area contributed by atoms with Crippen LogP contribution in [0.5, 0.6) is 0 Å². The fourth-order valence-electron chi connectivity index (χ4n) is 1.52. The molecule has 0 aromatic heterocycles. The minimum atomic E-state index is -3.05. The zero-order valence-electron chi connectivity index (χ0n) is 7.29. The van der Waals surface area contributed by atoms with Crippen LogP contribution in [-0.2, 0) is 9.84 Å². The molecule has 0 aliphatic carbocycles. The topological polar surface area (TPSA) is 72.2 Å². The van der Waals surface area contributed by atoms with Crippen molar-refractivity contribution in [2.24, 2.45) is 11.7 Å². The van der Waals surface area contributed by atoms with Gasteiger partial charge < -0.3 is 11.1 Å². The van der Waals surface area contributed by atoms with Crippen LogP contribution in [0, 0.1) is 5.92 Å². The first-order valence-electron chi connectivity index (χ1n) is 4.17. The number of piperidine rings is 1. The second-order valence-electron chi connectivity index (χ2n) is 3.38. The van der Waals surface area contributed by atoms with Gasteiger partial charge in [-0.2, -0.15) is 0 Å². The zero-order valence-corrected chi connectivity index (χ0v) is 8.10. The highest BCUT2D eigenvalue weighted by molar-refractivity contribution is 7.91. The fraction of sp³-hybridized carbons (Fsp3) is 1.00. The smallest absolute Gasteiger partial charge is 0.163 e. The van der Waals surface area contributed by atoms with Crippen LogP contribution in [0.25, 0.3) is 0 Å². The number of nitrogens with one attached hydrogen (secondary N) is 1. The van der Waals surface area contributed by atoms with Crippen molar-refractivity contribution in [3.05, 3.63) is 0 Å². The van der Waals surface area contributed by atoms with E-state index < -0.39 is 15.2 Å². The summed E-state index contributed by atoms with van der Waals surface area (Å²) in [7, 11) is -3.05. The molecule has 5 heteroatoms. The number of hydrogen-bond acceptors (Lipinski definition) is 4. The van der Waals surface area contributed by atoms with Gasteiger partial charge in [0.2, 0.25) is 0 Å². The Morgan fingerprint density at radius 3 is 2.33 bits per heavy atom. The molecule has 1 saturated heterocycles. The van der Waals surface area contributed by atoms with E-state index in [9.17, 15) is 8.42 Å². The standard InChI is InChI=1S/C7H16N2O2S/c1-12(10,11)7(8)6-2-4-9-5-3-6/h6-7,9H,2-5,8H2,1H3. The molecule has 1 unspecified atom stereocenters. The predicted octanol–water partition coefficient (Wildman–Crippen LogP) is -0.685. The van der Waals surface area contributed by atoms with E-state index in [0.29, 0.717) is 0 Å². The van der Waals surface area contributed by atoms with E-state index in [-0.39, 0.29) is 5.92 Å². The lowest BCUT2D eigenvalue weighted by Crippen LogP contribution is -2.42. The SMILES string of the molecule is CS(=O)(=O)C(N)C1CCNCC1. The van der Waals surface area contributed by atoms with Crippen LogP contribution in [-0.4, -0.2) is 33.1 Å². The van der Waals surface area contributed by atoms with E-state index in [1.54, 1.807) is 0 Å². The van der Waals surface area contributed by atoms with Crippen molar-refractivity contribution >= 4 is 9.84 Å². The highest BCUT2D eigenvalue weighted by Gasteiger charge is 2.27. The summed E-state index contributed by atoms with van der Waals surface area (Å²) in [4.78, 5) is 0. The van der Waals surface area contributed by atoms with Crippen molar-refractivity contribution < 1.29 is 8.42 Å². The maximum atomic E-state index is 11.1. The van der Waals surface area contributed by atoms with Crippen LogP contribution in [0.15, 0.2) is 0 Å². The summed E-state index contributed by atoms with van der Waals surface area (Å²) in [5.74, 6) is 0.140. The minimum absolute atomic E-state index is 0.140. The second kappa shape index (κ2) is 3.72. The highest BCUT2D eigenvalue weighted by atomic mass is 32.2. The molecular formula is C7H16N2O2S. The van der Waals surface area contributed by atoms with Crippen molar-refractivity contribution in [2.75, 3.05) is 19.3 Å². The van der Waals surface area contributed by atoms with Crippen molar-refractivity contribution in [1.82, 2.24) is 5.32 Å². The number of sulfone groups is 1. The maximum Gasteiger partial charge on any atom is 0.163 e. The number of hydrogen-bond donors (Lipinski definition) is 2. The molecule has 0 saturated carbocycles. The summed E-state index contributed by atoms with van der Waals surface area (Å²) in [6, 6.07) is 0. The third-order valence-electron chi connectivity index (χ3n) is 2.34. The molecule has 1 aliphatic heterocycles. The van der Waals surface area contributed by atoms with Gasteiger partial charge in [-0.3, -0.25) is 0 Å². The lowest BCUT2D eigenvalue weighted by atomic mass is 9.98. The van der Waals surface area contributed by atoms with Crippen LogP contribution in [0.1, 0.15) is 12.8 Å². The van der Waals surface area contributed by atoms with E-state index in [2.05, 4.69) is 5.32 Å². The first kappa shape index (κ1) is 9.95. The van der Waals surface area contributed by atoms with Crippen molar-refractivity contribution in [3.63, 3.8) is 0 Å². The monoisotopic (exact) mass is 192 g/mol. The van der Waals surface area contributed by atoms with Gasteiger partial charge >= 0.3 is 0 Å². The molecule has 3 N–H and O–H groups in total. The molecule has 0 radical (unpaired) electrons. The molecule has 1 fully saturated rings. The van der Waals surface area contributed by atoms with E-state index in [1.165, 1.54) is 6.26 Å². The van der Waals surface area contributed by atoms with Crippen molar-refractivity contribution in [2.45, 2.75) is 18.2 Å². The second-order valence-corrected chi connectivity index (χ2v) is 5.58. The normalized spacial score (nSPS) is 23.8. The van der Waals surface area contributed by atoms with Gasteiger partial charge in [0.15, 0.2) is 9.84 Å². The average molecular weight is 192 g/mol. The fourth-order valence-corrected chi connectivity index (χ4v) is 2.49. The first-order chi connectivity index (χ1) is 5.52. The predicted molar refractivity (Wildman–Crippen MR) is 48.4 cm³/mol. The Balaban J connectivity index is 2.57. The Hall–Kier alpha value is -0.130. The van der Waals surface area contributed by atoms with Gasteiger partial charge in [0.1, 0.15) is 5.37 Å². The van der Waals surface area contributed by atoms with E-state index in [4.69, 9.17) is 5.73 Å². The van der Waals surface area contributed by atoms with Crippen LogP contribution in [0.3, 0.4) is 0 Å². The molecule has 4 nitrogen and oxygen atoms in total. The average Bonchev–Trinajstić information content (AvgIpc) is 2.03. The van der Waals surface area contributed by atoms with Crippen LogP contribution in [0.4, 0.5) is 0 Å². The molecule has 1 aliphatic rings. The van der Waals surface area contributed by atoms with Crippen molar-refractivity contribution in [1.29, 1.82) is 0 Å². The van der Waals surface area contributed by atoms with Gasteiger partial charge in [-0.25, -0.2) is 8.42 Å². The molecule has 0 bridgehead atoms. The molecule has 72 valence electrons. The maximum absolute atomic E-state index is 11.1. The number of rotatable bonds is 2. The third-order valence-corrected chi connectivity index (χ3v) is 3.72. The molecule has 0 aromatic carbocycles. The Kier molecular flexibility index (Phi) is 3.09. The molecule has 12 heavy (non-hydrogen) atoms. The van der Waals surface area contributed by atoms with Gasteiger partial charge in [0, 0.05) is 6.26 Å². The minimum Gasteiger partial charge on any atom is -0.317 e. The summed E-state index contributed by atoms with van der Waals surface area (Å²) in [5, 5.41) is 2.50. The van der Waals surface area contributed by atoms with Gasteiger partial charge in [0.05, 0.1) is 0 Å². The molecule has 0 amide bonds. The van der Waals surface area contributed by atoms with Gasteiger partial charge in [-0.1, -0.05) is 0 Å². The number of nitrogens with two attached hydrogens (primary N) is 1. The largest absolute Gasteiger partial charge is 0.317 e. The summed E-state index contributed by atoms with van der Waals surface area (Å²) in [6.45, 7) is 1.77. The summed E-state index contributed by atoms with van der Waals surface area (Å²) in [6.07, 6.45) is 2.95. The van der Waals surface area contributed by atoms with Crippen molar-refractivity contribution in [3.8, 4) is 0 Å². The molecule has 1 heterocycles. The Morgan fingerprint density at radius 1 is 1.42 bits per heavy atom. The van der Waals surface area contributed by atoms with E-state index >= 15 is 0 Å². The Labute approximate surface area is 73.4 Å². The lowest BCUT2D eigenvalue weighted by Gasteiger charge is -2.26. The summed E-state index contributed by atoms with van der Waals surface area (Å²) < 4.78 is 22.2. The third kappa shape index (κ3) is 2.43. The Morgan fingerprint density at radius 2 is 1.92 bits per heavy atom. The summed E-state index contributed by atoms with van der Waals surface area (Å²) >= 11 is 0. The zero-order chi connectivity index (χ0) is 9.19. The first-order valence-corrected chi connectivity index (χ1v) is 6.12. The van der Waals surface area contributed by atoms with Crippen LogP contribution in [0.2, 0.25) is 0 Å². The molecule has 1 atom stereocenters. The van der Waals surface area contributed by atoms with Crippen LogP contribution >= 0.6 is 0 Å². The molecule has 0 spiro atoms. The lowest BCUT2D eigenvalue weighted by molar-refractivity contribution is 0.358. The Bertz CT molecular complexity index is 232. The van der Waals surface area contributed by atoms with Gasteiger partial charge in [0.25, 0.3) is 0 Å². The summed E-state index contributed by atoms with van der Waals surface area (Å²) in [5.41, 5.74) is 5.61. The van der Waals surface area contributed by atoms with E-state index in [0.717, 1.165) is 25.9 Å². The van der Waals surface area contributed by atoms with Gasteiger partial charge in [-0.15, -0.1) is 0 Å². The van der Waals surface area contributed by atoms with Crippen LogP contribution < -0.4 is 11.1 Å². The van der Waals surface area contributed by atoms with E-state index in [1.807, 2.05) is 0 Å².